The van der Waals surface area contributed by atoms with Crippen molar-refractivity contribution in [2.45, 2.75) is 31.6 Å². The average molecular weight is 510 g/mol. The van der Waals surface area contributed by atoms with Crippen LogP contribution in [0.5, 0.6) is 5.75 Å². The lowest BCUT2D eigenvalue weighted by molar-refractivity contribution is -0.117. The van der Waals surface area contributed by atoms with Crippen LogP contribution in [0.4, 0.5) is 5.69 Å². The molecule has 3 aromatic carbocycles. The fourth-order valence-electron chi connectivity index (χ4n) is 4.85. The van der Waals surface area contributed by atoms with Crippen LogP contribution in [0.15, 0.2) is 85.5 Å². The molecule has 1 fully saturated rings. The molecule has 2 heterocycles. The zero-order chi connectivity index (χ0) is 26.5. The van der Waals surface area contributed by atoms with Gasteiger partial charge >= 0.3 is 0 Å². The minimum atomic E-state index is -0.278. The molecule has 5 rings (SSSR count). The number of hydrogen-bond acceptors (Lipinski definition) is 5. The quantitative estimate of drug-likeness (QED) is 0.377. The van der Waals surface area contributed by atoms with Crippen LogP contribution in [0.3, 0.4) is 0 Å². The van der Waals surface area contributed by atoms with E-state index < -0.39 is 0 Å². The molecule has 194 valence electrons. The number of carbonyl (C=O) groups excluding carboxylic acids is 2. The maximum atomic E-state index is 13.1. The van der Waals surface area contributed by atoms with Crippen molar-refractivity contribution < 1.29 is 14.3 Å². The minimum absolute atomic E-state index is 0.0365. The highest BCUT2D eigenvalue weighted by molar-refractivity contribution is 5.96. The van der Waals surface area contributed by atoms with E-state index in [1.54, 1.807) is 18.1 Å². The monoisotopic (exact) mass is 509 g/mol. The molecule has 1 unspecified atom stereocenters. The number of ether oxygens (including phenoxy) is 1. The molecule has 38 heavy (non-hydrogen) atoms. The van der Waals surface area contributed by atoms with E-state index in [0.29, 0.717) is 24.6 Å². The van der Waals surface area contributed by atoms with Gasteiger partial charge in [-0.1, -0.05) is 30.3 Å². The number of nitrogens with one attached hydrogen (secondary N) is 1. The SMILES string of the molecule is COc1ccc(C(C)C(=O)Nc2ccc(C3CCN(C(=O)c4cccc(-n5cncn5)c4)CC3)cc2)cc1. The number of nitrogens with zero attached hydrogens (tertiary/aromatic N) is 4. The molecule has 2 amide bonds. The topological polar surface area (TPSA) is 89.4 Å². The van der Waals surface area contributed by atoms with Gasteiger partial charge in [-0.15, -0.1) is 0 Å². The average Bonchev–Trinajstić information content (AvgIpc) is 3.52. The van der Waals surface area contributed by atoms with Gasteiger partial charge in [0.05, 0.1) is 18.7 Å². The molecule has 1 atom stereocenters. The number of methoxy groups -OCH3 is 1. The van der Waals surface area contributed by atoms with E-state index in [9.17, 15) is 9.59 Å². The molecule has 0 bridgehead atoms. The maximum absolute atomic E-state index is 13.1. The standard InChI is InChI=1S/C30H31N5O3/c1-21(22-8-12-28(38-2)13-9-22)29(36)33-26-10-6-23(7-11-26)24-14-16-34(17-15-24)30(37)25-4-3-5-27(18-25)35-20-31-19-32-35/h3-13,18-21,24H,14-17H2,1-2H3,(H,33,36). The Hall–Kier alpha value is -4.46. The molecule has 8 heteroatoms. The summed E-state index contributed by atoms with van der Waals surface area (Å²) in [4.78, 5) is 31.8. The lowest BCUT2D eigenvalue weighted by Gasteiger charge is -2.32. The molecule has 0 saturated carbocycles. The molecule has 1 aromatic heterocycles. The Bertz CT molecular complexity index is 1380. The van der Waals surface area contributed by atoms with E-state index in [4.69, 9.17) is 4.74 Å². The van der Waals surface area contributed by atoms with Crippen LogP contribution >= 0.6 is 0 Å². The van der Waals surface area contributed by atoms with Crippen LogP contribution in [0.2, 0.25) is 0 Å². The summed E-state index contributed by atoms with van der Waals surface area (Å²) in [5.74, 6) is 0.851. The van der Waals surface area contributed by atoms with Crippen LogP contribution < -0.4 is 10.1 Å². The van der Waals surface area contributed by atoms with Gasteiger partial charge < -0.3 is 15.0 Å². The van der Waals surface area contributed by atoms with Crippen molar-refractivity contribution in [2.24, 2.45) is 0 Å². The second-order valence-corrected chi connectivity index (χ2v) is 9.56. The summed E-state index contributed by atoms with van der Waals surface area (Å²) < 4.78 is 6.84. The first-order valence-corrected chi connectivity index (χ1v) is 12.8. The molecule has 1 N–H and O–H groups in total. The number of benzene rings is 3. The van der Waals surface area contributed by atoms with Gasteiger partial charge in [0.1, 0.15) is 18.4 Å². The zero-order valence-corrected chi connectivity index (χ0v) is 21.6. The molecule has 1 aliphatic rings. The van der Waals surface area contributed by atoms with Crippen molar-refractivity contribution in [3.05, 3.63) is 102 Å². The van der Waals surface area contributed by atoms with Crippen molar-refractivity contribution >= 4 is 17.5 Å². The maximum Gasteiger partial charge on any atom is 0.253 e. The first-order chi connectivity index (χ1) is 18.5. The predicted molar refractivity (Wildman–Crippen MR) is 146 cm³/mol. The van der Waals surface area contributed by atoms with E-state index >= 15 is 0 Å². The molecule has 1 aliphatic heterocycles. The Kier molecular flexibility index (Phi) is 7.49. The second kappa shape index (κ2) is 11.3. The van der Waals surface area contributed by atoms with Crippen molar-refractivity contribution in [3.8, 4) is 11.4 Å². The van der Waals surface area contributed by atoms with Crippen molar-refractivity contribution in [1.29, 1.82) is 0 Å². The third-order valence-corrected chi connectivity index (χ3v) is 7.22. The summed E-state index contributed by atoms with van der Waals surface area (Å²) in [6.07, 6.45) is 4.89. The highest BCUT2D eigenvalue weighted by atomic mass is 16.5. The Labute approximate surface area is 222 Å². The van der Waals surface area contributed by atoms with E-state index in [2.05, 4.69) is 27.5 Å². The van der Waals surface area contributed by atoms with Gasteiger partial charge in [-0.2, -0.15) is 5.10 Å². The van der Waals surface area contributed by atoms with Gasteiger partial charge in [0, 0.05) is 24.3 Å². The van der Waals surface area contributed by atoms with E-state index in [1.165, 1.54) is 11.9 Å². The number of amides is 2. The van der Waals surface area contributed by atoms with Crippen LogP contribution in [-0.4, -0.2) is 51.7 Å². The molecule has 0 aliphatic carbocycles. The van der Waals surface area contributed by atoms with E-state index in [1.807, 2.05) is 72.5 Å². The van der Waals surface area contributed by atoms with Crippen LogP contribution in [0.25, 0.3) is 5.69 Å². The summed E-state index contributed by atoms with van der Waals surface area (Å²) in [6, 6.07) is 23.1. The minimum Gasteiger partial charge on any atom is -0.497 e. The molecular formula is C30H31N5O3. The van der Waals surface area contributed by atoms with Crippen LogP contribution in [-0.2, 0) is 4.79 Å². The van der Waals surface area contributed by atoms with Gasteiger partial charge in [-0.05, 0) is 79.3 Å². The third kappa shape index (κ3) is 5.59. The largest absolute Gasteiger partial charge is 0.497 e. The summed E-state index contributed by atoms with van der Waals surface area (Å²) >= 11 is 0. The van der Waals surface area contributed by atoms with Crippen molar-refractivity contribution in [2.75, 3.05) is 25.5 Å². The summed E-state index contributed by atoms with van der Waals surface area (Å²) in [5, 5.41) is 7.17. The number of likely N-dealkylation sites (tertiary alicyclic amines) is 1. The van der Waals surface area contributed by atoms with Crippen LogP contribution in [0.1, 0.15) is 53.1 Å². The number of rotatable bonds is 7. The molecule has 1 saturated heterocycles. The van der Waals surface area contributed by atoms with E-state index in [0.717, 1.165) is 35.5 Å². The number of anilines is 1. The number of aromatic nitrogens is 3. The predicted octanol–water partition coefficient (Wildman–Crippen LogP) is 5.04. The fourth-order valence-corrected chi connectivity index (χ4v) is 4.85. The molecule has 8 nitrogen and oxygen atoms in total. The molecule has 4 aromatic rings. The number of hydrogen-bond donors (Lipinski definition) is 1. The number of carbonyl (C=O) groups is 2. The van der Waals surface area contributed by atoms with Gasteiger partial charge in [0.25, 0.3) is 5.91 Å². The normalized spacial score (nSPS) is 14.6. The highest BCUT2D eigenvalue weighted by Crippen LogP contribution is 2.30. The summed E-state index contributed by atoms with van der Waals surface area (Å²) in [6.45, 7) is 3.30. The smallest absolute Gasteiger partial charge is 0.253 e. The van der Waals surface area contributed by atoms with Gasteiger partial charge in [0.2, 0.25) is 5.91 Å². The summed E-state index contributed by atoms with van der Waals surface area (Å²) in [7, 11) is 1.62. The highest BCUT2D eigenvalue weighted by Gasteiger charge is 2.25. The lowest BCUT2D eigenvalue weighted by Crippen LogP contribution is -2.38. The fraction of sp³-hybridized carbons (Fsp3) is 0.267. The Morgan fingerprint density at radius 1 is 1.00 bits per heavy atom. The zero-order valence-electron chi connectivity index (χ0n) is 21.6. The lowest BCUT2D eigenvalue weighted by atomic mass is 9.89. The third-order valence-electron chi connectivity index (χ3n) is 7.22. The molecule has 0 radical (unpaired) electrons. The van der Waals surface area contributed by atoms with E-state index in [-0.39, 0.29) is 17.7 Å². The molecule has 0 spiro atoms. The van der Waals surface area contributed by atoms with Gasteiger partial charge in [-0.25, -0.2) is 9.67 Å². The van der Waals surface area contributed by atoms with Crippen molar-refractivity contribution in [1.82, 2.24) is 19.7 Å². The Morgan fingerprint density at radius 3 is 2.39 bits per heavy atom. The Morgan fingerprint density at radius 2 is 1.74 bits per heavy atom. The first kappa shape index (κ1) is 25.2. The van der Waals surface area contributed by atoms with Gasteiger partial charge in [0.15, 0.2) is 0 Å². The van der Waals surface area contributed by atoms with Gasteiger partial charge in [-0.3, -0.25) is 9.59 Å². The van der Waals surface area contributed by atoms with Crippen LogP contribution in [0, 0.1) is 0 Å². The Balaban J connectivity index is 1.15. The summed E-state index contributed by atoms with van der Waals surface area (Å²) in [5.41, 5.74) is 4.41. The second-order valence-electron chi connectivity index (χ2n) is 9.56. The number of piperidine rings is 1. The van der Waals surface area contributed by atoms with Crippen molar-refractivity contribution in [3.63, 3.8) is 0 Å². The first-order valence-electron chi connectivity index (χ1n) is 12.8. The molecular weight excluding hydrogens is 478 g/mol.